The average molecular weight is 437 g/mol. The summed E-state index contributed by atoms with van der Waals surface area (Å²) in [5.74, 6) is 0.541. The normalized spacial score (nSPS) is 17.7. The second kappa shape index (κ2) is 8.19. The Kier molecular flexibility index (Phi) is 5.60. The zero-order chi connectivity index (χ0) is 21.3. The van der Waals surface area contributed by atoms with E-state index in [-0.39, 0.29) is 17.5 Å². The molecule has 0 bridgehead atoms. The van der Waals surface area contributed by atoms with Crippen LogP contribution in [0, 0.1) is 0 Å². The molecule has 0 amide bonds. The fourth-order valence-corrected chi connectivity index (χ4v) is 4.33. The number of halogens is 2. The van der Waals surface area contributed by atoms with Gasteiger partial charge in [-0.05, 0) is 37.8 Å². The number of primary sulfonamides is 1. The van der Waals surface area contributed by atoms with Crippen molar-refractivity contribution in [2.45, 2.75) is 38.2 Å². The lowest BCUT2D eigenvalue weighted by molar-refractivity contribution is 0.144. The minimum absolute atomic E-state index is 0.00873. The molecule has 3 aromatic rings. The lowest BCUT2D eigenvalue weighted by Gasteiger charge is -2.36. The second-order valence-electron chi connectivity index (χ2n) is 7.23. The van der Waals surface area contributed by atoms with E-state index >= 15 is 0 Å². The van der Waals surface area contributed by atoms with Crippen molar-refractivity contribution in [2.75, 3.05) is 17.2 Å². The Morgan fingerprint density at radius 2 is 2.03 bits per heavy atom. The molecule has 4 rings (SSSR count). The Labute approximate surface area is 172 Å². The topological polar surface area (TPSA) is 119 Å². The average Bonchev–Trinajstić information content (AvgIpc) is 3.15. The van der Waals surface area contributed by atoms with Crippen LogP contribution in [0.3, 0.4) is 0 Å². The molecule has 2 N–H and O–H groups in total. The minimum Gasteiger partial charge on any atom is -0.353 e. The predicted molar refractivity (Wildman–Crippen MR) is 107 cm³/mol. The van der Waals surface area contributed by atoms with Gasteiger partial charge in [-0.3, -0.25) is 0 Å². The van der Waals surface area contributed by atoms with Crippen LogP contribution in [0.15, 0.2) is 30.7 Å². The quantitative estimate of drug-likeness (QED) is 0.627. The SMILES string of the molecule is NS(=O)(=O)CCC1CCCCN1c1cc(-c2cnc3ccc(C(F)F)nn23)ncn1. The van der Waals surface area contributed by atoms with Gasteiger partial charge in [-0.1, -0.05) is 0 Å². The molecule has 1 aliphatic heterocycles. The fraction of sp³-hybridized carbons (Fsp3) is 0.444. The van der Waals surface area contributed by atoms with Crippen molar-refractivity contribution in [3.8, 4) is 11.4 Å². The highest BCUT2D eigenvalue weighted by molar-refractivity contribution is 7.89. The van der Waals surface area contributed by atoms with Gasteiger partial charge < -0.3 is 4.90 Å². The highest BCUT2D eigenvalue weighted by Crippen LogP contribution is 2.28. The van der Waals surface area contributed by atoms with Gasteiger partial charge in [0.1, 0.15) is 23.5 Å². The molecule has 1 saturated heterocycles. The maximum Gasteiger partial charge on any atom is 0.282 e. The zero-order valence-corrected chi connectivity index (χ0v) is 16.8. The van der Waals surface area contributed by atoms with Crippen LogP contribution in [0.5, 0.6) is 0 Å². The number of hydrogen-bond donors (Lipinski definition) is 1. The van der Waals surface area contributed by atoms with E-state index in [0.29, 0.717) is 29.3 Å². The predicted octanol–water partition coefficient (Wildman–Crippen LogP) is 2.16. The van der Waals surface area contributed by atoms with E-state index in [2.05, 4.69) is 25.0 Å². The molecule has 1 fully saturated rings. The van der Waals surface area contributed by atoms with Crippen LogP contribution in [-0.2, 0) is 10.0 Å². The number of anilines is 1. The molecular formula is C18H21F2N7O2S. The summed E-state index contributed by atoms with van der Waals surface area (Å²) in [5, 5.41) is 9.14. The third kappa shape index (κ3) is 4.38. The van der Waals surface area contributed by atoms with E-state index in [1.807, 2.05) is 0 Å². The monoisotopic (exact) mass is 437 g/mol. The van der Waals surface area contributed by atoms with Gasteiger partial charge in [0, 0.05) is 18.7 Å². The van der Waals surface area contributed by atoms with Crippen LogP contribution in [0.2, 0.25) is 0 Å². The Bertz CT molecular complexity index is 1150. The first kappa shape index (κ1) is 20.5. The largest absolute Gasteiger partial charge is 0.353 e. The molecule has 0 spiro atoms. The van der Waals surface area contributed by atoms with E-state index in [1.165, 1.54) is 29.2 Å². The molecule has 12 heteroatoms. The fourth-order valence-electron chi connectivity index (χ4n) is 3.73. The Morgan fingerprint density at radius 3 is 2.80 bits per heavy atom. The van der Waals surface area contributed by atoms with Crippen molar-refractivity contribution in [1.82, 2.24) is 24.6 Å². The van der Waals surface area contributed by atoms with Crippen molar-refractivity contribution in [1.29, 1.82) is 0 Å². The Morgan fingerprint density at radius 1 is 1.20 bits per heavy atom. The van der Waals surface area contributed by atoms with Crippen LogP contribution in [0.25, 0.3) is 17.0 Å². The van der Waals surface area contributed by atoms with Crippen molar-refractivity contribution >= 4 is 21.5 Å². The van der Waals surface area contributed by atoms with Gasteiger partial charge in [0.2, 0.25) is 10.0 Å². The van der Waals surface area contributed by atoms with Gasteiger partial charge in [-0.25, -0.2) is 41.8 Å². The third-order valence-electron chi connectivity index (χ3n) is 5.18. The van der Waals surface area contributed by atoms with E-state index in [4.69, 9.17) is 5.14 Å². The van der Waals surface area contributed by atoms with E-state index < -0.39 is 16.4 Å². The molecule has 1 aliphatic rings. The van der Waals surface area contributed by atoms with Gasteiger partial charge >= 0.3 is 0 Å². The van der Waals surface area contributed by atoms with Crippen molar-refractivity contribution < 1.29 is 17.2 Å². The molecule has 160 valence electrons. The standard InChI is InChI=1S/C18H21F2N7O2S/c19-18(20)13-4-5-16-22-10-15(27(16)25-13)14-9-17(24-11-23-14)26-7-2-1-3-12(26)6-8-30(21,28)29/h4-5,9-12,18H,1-3,6-8H2,(H2,21,28,29). The second-order valence-corrected chi connectivity index (χ2v) is 8.97. The van der Waals surface area contributed by atoms with Gasteiger partial charge in [-0.2, -0.15) is 5.10 Å². The van der Waals surface area contributed by atoms with Crippen LogP contribution < -0.4 is 10.0 Å². The lowest BCUT2D eigenvalue weighted by atomic mass is 10.00. The van der Waals surface area contributed by atoms with Crippen LogP contribution in [0.4, 0.5) is 14.6 Å². The lowest BCUT2D eigenvalue weighted by Crippen LogP contribution is -2.41. The highest BCUT2D eigenvalue weighted by atomic mass is 32.2. The summed E-state index contributed by atoms with van der Waals surface area (Å²) in [6.45, 7) is 0.729. The first-order valence-corrected chi connectivity index (χ1v) is 11.3. The van der Waals surface area contributed by atoms with E-state index in [9.17, 15) is 17.2 Å². The summed E-state index contributed by atoms with van der Waals surface area (Å²) in [6, 6.07) is 4.46. The first-order chi connectivity index (χ1) is 14.3. The van der Waals surface area contributed by atoms with Gasteiger partial charge in [0.15, 0.2) is 5.65 Å². The molecule has 9 nitrogen and oxygen atoms in total. The number of hydrogen-bond acceptors (Lipinski definition) is 7. The number of rotatable bonds is 6. The summed E-state index contributed by atoms with van der Waals surface area (Å²) in [6.07, 6.45) is 3.43. The van der Waals surface area contributed by atoms with Crippen molar-refractivity contribution in [3.05, 3.63) is 36.4 Å². The van der Waals surface area contributed by atoms with Crippen LogP contribution in [-0.4, -0.2) is 51.3 Å². The number of nitrogens with two attached hydrogens (primary N) is 1. The number of nitrogens with zero attached hydrogens (tertiary/aromatic N) is 6. The number of sulfonamides is 1. The molecule has 0 aromatic carbocycles. The first-order valence-electron chi connectivity index (χ1n) is 9.54. The number of fused-ring (bicyclic) bond motifs is 1. The van der Waals surface area contributed by atoms with Crippen LogP contribution in [0.1, 0.15) is 37.8 Å². The van der Waals surface area contributed by atoms with Gasteiger partial charge in [0.05, 0.1) is 17.6 Å². The summed E-state index contributed by atoms with van der Waals surface area (Å²) in [4.78, 5) is 14.9. The summed E-state index contributed by atoms with van der Waals surface area (Å²) in [5.41, 5.74) is 1.03. The molecular weight excluding hydrogens is 416 g/mol. The van der Waals surface area contributed by atoms with Crippen LogP contribution >= 0.6 is 0 Å². The smallest absolute Gasteiger partial charge is 0.282 e. The summed E-state index contributed by atoms with van der Waals surface area (Å²) >= 11 is 0. The molecule has 0 radical (unpaired) electrons. The molecule has 1 atom stereocenters. The Hall–Kier alpha value is -2.73. The van der Waals surface area contributed by atoms with Crippen molar-refractivity contribution in [3.63, 3.8) is 0 Å². The third-order valence-corrected chi connectivity index (χ3v) is 5.98. The number of imidazole rings is 1. The van der Waals surface area contributed by atoms with Gasteiger partial charge in [-0.15, -0.1) is 0 Å². The van der Waals surface area contributed by atoms with Gasteiger partial charge in [0.25, 0.3) is 6.43 Å². The molecule has 1 unspecified atom stereocenters. The maximum atomic E-state index is 13.1. The zero-order valence-electron chi connectivity index (χ0n) is 16.0. The molecule has 30 heavy (non-hydrogen) atoms. The Balaban J connectivity index is 1.67. The van der Waals surface area contributed by atoms with E-state index in [1.54, 1.807) is 6.07 Å². The number of aromatic nitrogens is 5. The summed E-state index contributed by atoms with van der Waals surface area (Å²) in [7, 11) is -3.55. The summed E-state index contributed by atoms with van der Waals surface area (Å²) < 4.78 is 50.2. The molecule has 3 aromatic heterocycles. The maximum absolute atomic E-state index is 13.1. The molecule has 0 aliphatic carbocycles. The number of piperidine rings is 1. The minimum atomic E-state index is -3.55. The molecule has 4 heterocycles. The van der Waals surface area contributed by atoms with E-state index in [0.717, 1.165) is 25.8 Å². The van der Waals surface area contributed by atoms with Crippen molar-refractivity contribution in [2.24, 2.45) is 5.14 Å². The number of alkyl halides is 2. The molecule has 0 saturated carbocycles. The highest BCUT2D eigenvalue weighted by Gasteiger charge is 2.25.